The monoisotopic (exact) mass is 267 g/mol. The number of hydrogen-bond donors (Lipinski definition) is 0. The topological polar surface area (TPSA) is 22.1 Å². The summed E-state index contributed by atoms with van der Waals surface area (Å²) in [6.07, 6.45) is 0. The Hall–Kier alpha value is -1.06. The van der Waals surface area contributed by atoms with Crippen LogP contribution in [0.1, 0.15) is 21.8 Å². The number of nitrogens with zero attached hydrogens (tertiary/aromatic N) is 1. The van der Waals surface area contributed by atoms with E-state index in [9.17, 15) is 0 Å². The van der Waals surface area contributed by atoms with Crippen LogP contribution in [0.3, 0.4) is 0 Å². The average Bonchev–Trinajstić information content (AvgIpc) is 2.73. The standard InChI is InChI=1S/C13H14ClNOS/c1-9-3-4-12(11(5-9)6-14)16-7-13-15-10(2)8-17-13/h3-5,8H,6-7H2,1-2H3. The van der Waals surface area contributed by atoms with Crippen molar-refractivity contribution >= 4 is 22.9 Å². The summed E-state index contributed by atoms with van der Waals surface area (Å²) in [5, 5.41) is 3.01. The molecule has 0 aliphatic rings. The molecule has 0 radical (unpaired) electrons. The molecule has 17 heavy (non-hydrogen) atoms. The minimum Gasteiger partial charge on any atom is -0.486 e. The van der Waals surface area contributed by atoms with Gasteiger partial charge in [-0.2, -0.15) is 0 Å². The van der Waals surface area contributed by atoms with Crippen molar-refractivity contribution in [2.24, 2.45) is 0 Å². The largest absolute Gasteiger partial charge is 0.486 e. The highest BCUT2D eigenvalue weighted by atomic mass is 35.5. The number of thiazole rings is 1. The predicted octanol–water partition coefficient (Wildman–Crippen LogP) is 4.08. The zero-order chi connectivity index (χ0) is 12.3. The van der Waals surface area contributed by atoms with Crippen LogP contribution >= 0.6 is 22.9 Å². The lowest BCUT2D eigenvalue weighted by atomic mass is 10.1. The first kappa shape index (κ1) is 12.4. The lowest BCUT2D eigenvalue weighted by Crippen LogP contribution is -1.98. The molecule has 2 nitrogen and oxygen atoms in total. The van der Waals surface area contributed by atoms with Gasteiger partial charge in [-0.15, -0.1) is 22.9 Å². The van der Waals surface area contributed by atoms with Crippen LogP contribution in [0.5, 0.6) is 5.75 Å². The molecule has 1 aromatic carbocycles. The number of hydrogen-bond acceptors (Lipinski definition) is 3. The van der Waals surface area contributed by atoms with Gasteiger partial charge in [-0.3, -0.25) is 0 Å². The van der Waals surface area contributed by atoms with Crippen LogP contribution in [0.4, 0.5) is 0 Å². The highest BCUT2D eigenvalue weighted by molar-refractivity contribution is 7.09. The molecule has 1 heterocycles. The fourth-order valence-electron chi connectivity index (χ4n) is 1.56. The Kier molecular flexibility index (Phi) is 4.02. The molecule has 2 aromatic rings. The highest BCUT2D eigenvalue weighted by Gasteiger charge is 2.05. The minimum absolute atomic E-state index is 0.466. The third kappa shape index (κ3) is 3.20. The van der Waals surface area contributed by atoms with Crippen molar-refractivity contribution in [1.82, 2.24) is 4.98 Å². The Bertz CT molecular complexity index is 510. The summed E-state index contributed by atoms with van der Waals surface area (Å²) < 4.78 is 5.75. The lowest BCUT2D eigenvalue weighted by Gasteiger charge is -2.09. The van der Waals surface area contributed by atoms with Crippen LogP contribution in [-0.4, -0.2) is 4.98 Å². The Morgan fingerprint density at radius 3 is 2.82 bits per heavy atom. The van der Waals surface area contributed by atoms with E-state index in [-0.39, 0.29) is 0 Å². The Labute approximate surface area is 110 Å². The first-order valence-corrected chi connectivity index (χ1v) is 6.80. The number of rotatable bonds is 4. The summed E-state index contributed by atoms with van der Waals surface area (Å²) in [4.78, 5) is 4.36. The quantitative estimate of drug-likeness (QED) is 0.779. The number of benzene rings is 1. The predicted molar refractivity (Wildman–Crippen MR) is 71.9 cm³/mol. The van der Waals surface area contributed by atoms with Crippen molar-refractivity contribution in [1.29, 1.82) is 0 Å². The van der Waals surface area contributed by atoms with Crippen molar-refractivity contribution in [3.8, 4) is 5.75 Å². The van der Waals surface area contributed by atoms with Gasteiger partial charge in [0.25, 0.3) is 0 Å². The van der Waals surface area contributed by atoms with E-state index in [4.69, 9.17) is 16.3 Å². The van der Waals surface area contributed by atoms with Crippen molar-refractivity contribution < 1.29 is 4.74 Å². The van der Waals surface area contributed by atoms with Crippen molar-refractivity contribution in [2.75, 3.05) is 0 Å². The van der Waals surface area contributed by atoms with Gasteiger partial charge in [-0.1, -0.05) is 17.7 Å². The van der Waals surface area contributed by atoms with Crippen LogP contribution in [0.25, 0.3) is 0 Å². The van der Waals surface area contributed by atoms with E-state index in [1.54, 1.807) is 11.3 Å². The van der Waals surface area contributed by atoms with E-state index in [2.05, 4.69) is 11.1 Å². The number of ether oxygens (including phenoxy) is 1. The van der Waals surface area contributed by atoms with Crippen molar-refractivity contribution in [3.63, 3.8) is 0 Å². The van der Waals surface area contributed by atoms with Gasteiger partial charge in [0.1, 0.15) is 17.4 Å². The fraction of sp³-hybridized carbons (Fsp3) is 0.308. The number of aromatic nitrogens is 1. The summed E-state index contributed by atoms with van der Waals surface area (Å²) in [6, 6.07) is 6.04. The number of alkyl halides is 1. The second-order valence-electron chi connectivity index (χ2n) is 3.92. The van der Waals surface area contributed by atoms with Gasteiger partial charge in [-0.25, -0.2) is 4.98 Å². The molecule has 0 saturated heterocycles. The van der Waals surface area contributed by atoms with E-state index < -0.39 is 0 Å². The van der Waals surface area contributed by atoms with Gasteiger partial charge in [0.2, 0.25) is 0 Å². The Morgan fingerprint density at radius 2 is 2.18 bits per heavy atom. The molecule has 0 unspecified atom stereocenters. The molecule has 0 spiro atoms. The zero-order valence-electron chi connectivity index (χ0n) is 9.87. The molecule has 2 rings (SSSR count). The smallest absolute Gasteiger partial charge is 0.140 e. The molecule has 0 bridgehead atoms. The van der Waals surface area contributed by atoms with E-state index in [1.807, 2.05) is 31.4 Å². The van der Waals surface area contributed by atoms with Gasteiger partial charge in [-0.05, 0) is 19.9 Å². The summed E-state index contributed by atoms with van der Waals surface area (Å²) in [7, 11) is 0. The third-order valence-electron chi connectivity index (χ3n) is 2.38. The van der Waals surface area contributed by atoms with E-state index in [0.29, 0.717) is 12.5 Å². The van der Waals surface area contributed by atoms with Crippen LogP contribution in [0, 0.1) is 13.8 Å². The average molecular weight is 268 g/mol. The van der Waals surface area contributed by atoms with Crippen molar-refractivity contribution in [2.45, 2.75) is 26.3 Å². The van der Waals surface area contributed by atoms with Crippen LogP contribution < -0.4 is 4.74 Å². The molecule has 0 amide bonds. The molecular weight excluding hydrogens is 254 g/mol. The van der Waals surface area contributed by atoms with Crippen LogP contribution in [0.15, 0.2) is 23.6 Å². The zero-order valence-corrected chi connectivity index (χ0v) is 11.4. The number of aryl methyl sites for hydroxylation is 2. The minimum atomic E-state index is 0.466. The van der Waals surface area contributed by atoms with Gasteiger partial charge in [0.05, 0.1) is 5.88 Å². The molecule has 0 fully saturated rings. The van der Waals surface area contributed by atoms with Gasteiger partial charge < -0.3 is 4.74 Å². The number of halogens is 1. The summed E-state index contributed by atoms with van der Waals surface area (Å²) >= 11 is 7.51. The lowest BCUT2D eigenvalue weighted by molar-refractivity contribution is 0.303. The summed E-state index contributed by atoms with van der Waals surface area (Å²) in [5.74, 6) is 1.31. The third-order valence-corrected chi connectivity index (χ3v) is 3.61. The second kappa shape index (κ2) is 5.52. The van der Waals surface area contributed by atoms with Crippen LogP contribution in [0.2, 0.25) is 0 Å². The maximum Gasteiger partial charge on any atom is 0.140 e. The van der Waals surface area contributed by atoms with Gasteiger partial charge in [0.15, 0.2) is 0 Å². The maximum atomic E-state index is 5.90. The Balaban J connectivity index is 2.08. The van der Waals surface area contributed by atoms with E-state index >= 15 is 0 Å². The second-order valence-corrected chi connectivity index (χ2v) is 5.13. The molecule has 1 aromatic heterocycles. The van der Waals surface area contributed by atoms with E-state index in [0.717, 1.165) is 22.0 Å². The van der Waals surface area contributed by atoms with Crippen LogP contribution in [-0.2, 0) is 12.5 Å². The first-order chi connectivity index (χ1) is 8.19. The molecule has 0 aliphatic heterocycles. The molecule has 4 heteroatoms. The molecule has 0 N–H and O–H groups in total. The highest BCUT2D eigenvalue weighted by Crippen LogP contribution is 2.23. The Morgan fingerprint density at radius 1 is 1.35 bits per heavy atom. The molecule has 0 atom stereocenters. The molecule has 0 saturated carbocycles. The molecular formula is C13H14ClNOS. The normalized spacial score (nSPS) is 10.5. The van der Waals surface area contributed by atoms with Crippen molar-refractivity contribution in [3.05, 3.63) is 45.4 Å². The fourth-order valence-corrected chi connectivity index (χ4v) is 2.45. The van der Waals surface area contributed by atoms with Gasteiger partial charge in [0, 0.05) is 16.6 Å². The SMILES string of the molecule is Cc1ccc(OCc2nc(C)cs2)c(CCl)c1. The molecule has 0 aliphatic carbocycles. The summed E-state index contributed by atoms with van der Waals surface area (Å²) in [6.45, 7) is 4.53. The summed E-state index contributed by atoms with van der Waals surface area (Å²) in [5.41, 5.74) is 3.26. The van der Waals surface area contributed by atoms with Gasteiger partial charge >= 0.3 is 0 Å². The maximum absolute atomic E-state index is 5.90. The first-order valence-electron chi connectivity index (χ1n) is 5.38. The molecule has 90 valence electrons. The van der Waals surface area contributed by atoms with E-state index in [1.165, 1.54) is 5.56 Å².